The number of rotatable bonds is 4. The number of hydrogen-bond acceptors (Lipinski definition) is 2. The summed E-state index contributed by atoms with van der Waals surface area (Å²) in [6.07, 6.45) is 3.34. The molecule has 0 bridgehead atoms. The van der Waals surface area contributed by atoms with Gasteiger partial charge >= 0.3 is 0 Å². The summed E-state index contributed by atoms with van der Waals surface area (Å²) in [7, 11) is 0. The van der Waals surface area contributed by atoms with E-state index in [0.29, 0.717) is 0 Å². The van der Waals surface area contributed by atoms with Crippen LogP contribution in [-0.2, 0) is 0 Å². The van der Waals surface area contributed by atoms with Gasteiger partial charge in [0.2, 0.25) is 0 Å². The normalized spacial score (nSPS) is 10.4. The Bertz CT molecular complexity index is 498. The predicted molar refractivity (Wildman–Crippen MR) is 74.5 cm³/mol. The average molecular weight is 222 g/mol. The third-order valence-corrected chi connectivity index (χ3v) is 2.26. The number of anilines is 2. The van der Waals surface area contributed by atoms with E-state index in [2.05, 4.69) is 16.9 Å². The Morgan fingerprint density at radius 2 is 1.53 bits per heavy atom. The van der Waals surface area contributed by atoms with Gasteiger partial charge in [0.05, 0.1) is 5.69 Å². The zero-order chi connectivity index (χ0) is 11.9. The standard InChI is InChI=1S/C15H14N2/c1-2-12-16-13-8-10-15(11-9-13)17-14-6-4-3-5-7-14/h2-12,17H,1H2/b16-12+. The third-order valence-electron chi connectivity index (χ3n) is 2.26. The van der Waals surface area contributed by atoms with E-state index in [9.17, 15) is 0 Å². The highest BCUT2D eigenvalue weighted by Gasteiger charge is 1.93. The Labute approximate surface area is 101 Å². The lowest BCUT2D eigenvalue weighted by Crippen LogP contribution is -1.88. The molecule has 2 heteroatoms. The first-order valence-electron chi connectivity index (χ1n) is 5.46. The summed E-state index contributed by atoms with van der Waals surface area (Å²) in [6.45, 7) is 3.59. The molecule has 0 aliphatic heterocycles. The van der Waals surface area contributed by atoms with Crippen molar-refractivity contribution < 1.29 is 0 Å². The number of nitrogens with one attached hydrogen (secondary N) is 1. The summed E-state index contributed by atoms with van der Waals surface area (Å²) < 4.78 is 0. The van der Waals surface area contributed by atoms with Crippen molar-refractivity contribution in [3.05, 3.63) is 67.3 Å². The molecule has 0 atom stereocenters. The Hall–Kier alpha value is -2.35. The Kier molecular flexibility index (Phi) is 3.71. The predicted octanol–water partition coefficient (Wildman–Crippen LogP) is 4.32. The SMILES string of the molecule is C=C/C=N/c1ccc(Nc2ccccc2)cc1. The van der Waals surface area contributed by atoms with Crippen molar-refractivity contribution in [3.8, 4) is 0 Å². The summed E-state index contributed by atoms with van der Waals surface area (Å²) >= 11 is 0. The van der Waals surface area contributed by atoms with Crippen LogP contribution < -0.4 is 5.32 Å². The van der Waals surface area contributed by atoms with Gasteiger partial charge in [0, 0.05) is 17.6 Å². The minimum Gasteiger partial charge on any atom is -0.356 e. The van der Waals surface area contributed by atoms with Gasteiger partial charge in [-0.3, -0.25) is 4.99 Å². The third kappa shape index (κ3) is 3.31. The quantitative estimate of drug-likeness (QED) is 0.765. The van der Waals surface area contributed by atoms with Gasteiger partial charge < -0.3 is 5.32 Å². The molecular weight excluding hydrogens is 208 g/mol. The summed E-state index contributed by atoms with van der Waals surface area (Å²) in [5.41, 5.74) is 3.05. The molecule has 0 fully saturated rings. The zero-order valence-electron chi connectivity index (χ0n) is 9.51. The van der Waals surface area contributed by atoms with E-state index >= 15 is 0 Å². The minimum absolute atomic E-state index is 0.920. The number of para-hydroxylation sites is 1. The number of aliphatic imine (C=N–C) groups is 1. The van der Waals surface area contributed by atoms with Crippen LogP contribution in [0.3, 0.4) is 0 Å². The largest absolute Gasteiger partial charge is 0.356 e. The molecule has 0 spiro atoms. The van der Waals surface area contributed by atoms with Gasteiger partial charge in [0.25, 0.3) is 0 Å². The molecule has 0 saturated carbocycles. The van der Waals surface area contributed by atoms with Crippen LogP contribution >= 0.6 is 0 Å². The second kappa shape index (κ2) is 5.66. The van der Waals surface area contributed by atoms with Crippen LogP contribution in [0, 0.1) is 0 Å². The van der Waals surface area contributed by atoms with E-state index in [0.717, 1.165) is 17.1 Å². The van der Waals surface area contributed by atoms with Gasteiger partial charge in [-0.2, -0.15) is 0 Å². The summed E-state index contributed by atoms with van der Waals surface area (Å²) in [5, 5.41) is 3.32. The van der Waals surface area contributed by atoms with Crippen LogP contribution in [0.2, 0.25) is 0 Å². The lowest BCUT2D eigenvalue weighted by Gasteiger charge is -2.05. The summed E-state index contributed by atoms with van der Waals surface area (Å²) in [5.74, 6) is 0. The van der Waals surface area contributed by atoms with E-state index in [1.54, 1.807) is 12.3 Å². The fraction of sp³-hybridized carbons (Fsp3) is 0. The molecule has 2 nitrogen and oxygen atoms in total. The first-order chi connectivity index (χ1) is 8.38. The maximum Gasteiger partial charge on any atom is 0.0631 e. The van der Waals surface area contributed by atoms with Crippen molar-refractivity contribution >= 4 is 23.3 Å². The van der Waals surface area contributed by atoms with Crippen LogP contribution in [-0.4, -0.2) is 6.21 Å². The lowest BCUT2D eigenvalue weighted by atomic mass is 10.2. The maximum absolute atomic E-state index is 4.20. The smallest absolute Gasteiger partial charge is 0.0631 e. The molecule has 2 aromatic carbocycles. The van der Waals surface area contributed by atoms with Gasteiger partial charge in [0.1, 0.15) is 0 Å². The maximum atomic E-state index is 4.20. The second-order valence-electron chi connectivity index (χ2n) is 3.55. The molecule has 0 aliphatic carbocycles. The van der Waals surface area contributed by atoms with Crippen molar-refractivity contribution in [1.82, 2.24) is 0 Å². The van der Waals surface area contributed by atoms with Crippen LogP contribution in [0.1, 0.15) is 0 Å². The first-order valence-corrected chi connectivity index (χ1v) is 5.46. The fourth-order valence-electron chi connectivity index (χ4n) is 1.46. The van der Waals surface area contributed by atoms with E-state index in [-0.39, 0.29) is 0 Å². The van der Waals surface area contributed by atoms with E-state index in [1.807, 2.05) is 54.6 Å². The van der Waals surface area contributed by atoms with Crippen LogP contribution in [0.5, 0.6) is 0 Å². The van der Waals surface area contributed by atoms with E-state index in [4.69, 9.17) is 0 Å². The van der Waals surface area contributed by atoms with Crippen molar-refractivity contribution in [2.75, 3.05) is 5.32 Å². The molecule has 0 aromatic heterocycles. The van der Waals surface area contributed by atoms with Gasteiger partial charge in [0.15, 0.2) is 0 Å². The van der Waals surface area contributed by atoms with E-state index < -0.39 is 0 Å². The molecule has 0 unspecified atom stereocenters. The summed E-state index contributed by atoms with van der Waals surface area (Å²) in [4.78, 5) is 4.20. The number of nitrogens with zero attached hydrogens (tertiary/aromatic N) is 1. The Morgan fingerprint density at radius 1 is 0.882 bits per heavy atom. The summed E-state index contributed by atoms with van der Waals surface area (Å²) in [6, 6.07) is 18.0. The van der Waals surface area contributed by atoms with Crippen molar-refractivity contribution in [2.24, 2.45) is 4.99 Å². The van der Waals surface area contributed by atoms with Gasteiger partial charge in [-0.25, -0.2) is 0 Å². The molecule has 17 heavy (non-hydrogen) atoms. The molecular formula is C15H14N2. The fourth-order valence-corrected chi connectivity index (χ4v) is 1.46. The van der Waals surface area contributed by atoms with Crippen LogP contribution in [0.15, 0.2) is 72.2 Å². The zero-order valence-corrected chi connectivity index (χ0v) is 9.51. The van der Waals surface area contributed by atoms with Crippen molar-refractivity contribution in [2.45, 2.75) is 0 Å². The molecule has 84 valence electrons. The molecule has 2 aromatic rings. The topological polar surface area (TPSA) is 24.4 Å². The van der Waals surface area contributed by atoms with Crippen LogP contribution in [0.25, 0.3) is 0 Å². The lowest BCUT2D eigenvalue weighted by molar-refractivity contribution is 1.50. The molecule has 0 heterocycles. The second-order valence-corrected chi connectivity index (χ2v) is 3.55. The highest BCUT2D eigenvalue weighted by molar-refractivity contribution is 5.74. The minimum atomic E-state index is 0.920. The number of hydrogen-bond donors (Lipinski definition) is 1. The Balaban J connectivity index is 2.08. The number of allylic oxidation sites excluding steroid dienone is 1. The highest BCUT2D eigenvalue weighted by Crippen LogP contribution is 2.19. The van der Waals surface area contributed by atoms with E-state index in [1.165, 1.54) is 0 Å². The first kappa shape index (κ1) is 11.1. The molecule has 1 N–H and O–H groups in total. The molecule has 0 radical (unpaired) electrons. The van der Waals surface area contributed by atoms with Gasteiger partial charge in [-0.1, -0.05) is 30.9 Å². The highest BCUT2D eigenvalue weighted by atomic mass is 14.9. The van der Waals surface area contributed by atoms with Gasteiger partial charge in [-0.15, -0.1) is 0 Å². The van der Waals surface area contributed by atoms with Crippen molar-refractivity contribution in [1.29, 1.82) is 0 Å². The molecule has 2 rings (SSSR count). The number of benzene rings is 2. The van der Waals surface area contributed by atoms with Crippen LogP contribution in [0.4, 0.5) is 17.1 Å². The van der Waals surface area contributed by atoms with Crippen molar-refractivity contribution in [3.63, 3.8) is 0 Å². The monoisotopic (exact) mass is 222 g/mol. The molecule has 0 saturated heterocycles. The average Bonchev–Trinajstić information content (AvgIpc) is 2.39. The molecule has 0 amide bonds. The Morgan fingerprint density at radius 3 is 2.18 bits per heavy atom. The van der Waals surface area contributed by atoms with Gasteiger partial charge in [-0.05, 0) is 36.4 Å². The molecule has 0 aliphatic rings.